The zero-order valence-corrected chi connectivity index (χ0v) is 16.1. The molecule has 2 aliphatic heterocycles. The Bertz CT molecular complexity index is 901. The largest absolute Gasteiger partial charge is 0.369 e. The number of nitrogens with zero attached hydrogens (tertiary/aromatic N) is 5. The van der Waals surface area contributed by atoms with E-state index in [1.807, 2.05) is 30.1 Å². The molecule has 4 rings (SSSR count). The van der Waals surface area contributed by atoms with Gasteiger partial charge in [-0.25, -0.2) is 4.98 Å². The maximum Gasteiger partial charge on any atom is 0.260 e. The van der Waals surface area contributed by atoms with Crippen molar-refractivity contribution >= 4 is 22.5 Å². The van der Waals surface area contributed by atoms with Crippen LogP contribution in [0, 0.1) is 5.92 Å². The lowest BCUT2D eigenvalue weighted by atomic mass is 9.97. The van der Waals surface area contributed by atoms with Crippen LogP contribution in [0.2, 0.25) is 0 Å². The highest BCUT2D eigenvalue weighted by Crippen LogP contribution is 2.22. The maximum absolute atomic E-state index is 12.2. The molecular formula is C20H27N5O2. The summed E-state index contributed by atoms with van der Waals surface area (Å²) in [7, 11) is 3.63. The molecule has 27 heavy (non-hydrogen) atoms. The van der Waals surface area contributed by atoms with E-state index in [0.717, 1.165) is 56.9 Å². The number of likely N-dealkylation sites (tertiary alicyclic amines) is 1. The molecule has 2 aliphatic rings. The molecule has 0 saturated carbocycles. The number of carbonyl (C=O) groups excluding carboxylic acids is 1. The van der Waals surface area contributed by atoms with E-state index < -0.39 is 0 Å². The lowest BCUT2D eigenvalue weighted by molar-refractivity contribution is -0.133. The van der Waals surface area contributed by atoms with Crippen molar-refractivity contribution in [3.05, 3.63) is 34.9 Å². The maximum atomic E-state index is 12.2. The van der Waals surface area contributed by atoms with Gasteiger partial charge < -0.3 is 14.4 Å². The van der Waals surface area contributed by atoms with Crippen molar-refractivity contribution in [1.29, 1.82) is 0 Å². The number of hydrogen-bond acceptors (Lipinski definition) is 5. The summed E-state index contributed by atoms with van der Waals surface area (Å²) >= 11 is 0. The summed E-state index contributed by atoms with van der Waals surface area (Å²) in [5.74, 6) is 0.858. The van der Waals surface area contributed by atoms with Crippen molar-refractivity contribution in [3.63, 3.8) is 0 Å². The van der Waals surface area contributed by atoms with E-state index in [1.165, 1.54) is 4.57 Å². The monoisotopic (exact) mass is 369 g/mol. The highest BCUT2D eigenvalue weighted by molar-refractivity contribution is 5.81. The second-order valence-electron chi connectivity index (χ2n) is 7.83. The van der Waals surface area contributed by atoms with E-state index in [9.17, 15) is 9.59 Å². The topological polar surface area (TPSA) is 61.7 Å². The van der Waals surface area contributed by atoms with Crippen molar-refractivity contribution in [2.45, 2.75) is 12.8 Å². The van der Waals surface area contributed by atoms with Crippen LogP contribution in [-0.2, 0) is 11.8 Å². The number of aromatic nitrogens is 2. The van der Waals surface area contributed by atoms with E-state index in [4.69, 9.17) is 0 Å². The average Bonchev–Trinajstić information content (AvgIpc) is 2.68. The number of anilines is 1. The van der Waals surface area contributed by atoms with Crippen molar-refractivity contribution in [3.8, 4) is 0 Å². The number of amides is 1. The minimum atomic E-state index is -0.00713. The molecule has 1 aromatic heterocycles. The Morgan fingerprint density at radius 1 is 1.11 bits per heavy atom. The highest BCUT2D eigenvalue weighted by Gasteiger charge is 2.26. The van der Waals surface area contributed by atoms with Gasteiger partial charge in [0.25, 0.3) is 5.56 Å². The minimum absolute atomic E-state index is 0.00713. The van der Waals surface area contributed by atoms with Gasteiger partial charge in [0.15, 0.2) is 0 Å². The average molecular weight is 369 g/mol. The summed E-state index contributed by atoms with van der Waals surface area (Å²) in [5, 5.41) is 0.665. The minimum Gasteiger partial charge on any atom is -0.369 e. The fourth-order valence-corrected chi connectivity index (χ4v) is 4.20. The Kier molecular flexibility index (Phi) is 4.86. The molecule has 0 spiro atoms. The van der Waals surface area contributed by atoms with Crippen LogP contribution in [0.5, 0.6) is 0 Å². The first kappa shape index (κ1) is 18.0. The molecule has 1 aromatic carbocycles. The summed E-state index contributed by atoms with van der Waals surface area (Å²) < 4.78 is 1.51. The quantitative estimate of drug-likeness (QED) is 0.805. The fraction of sp³-hybridized carbons (Fsp3) is 0.550. The zero-order valence-electron chi connectivity index (χ0n) is 16.1. The van der Waals surface area contributed by atoms with E-state index in [-0.39, 0.29) is 11.5 Å². The number of benzene rings is 1. The van der Waals surface area contributed by atoms with Gasteiger partial charge in [0.1, 0.15) is 0 Å². The first-order chi connectivity index (χ1) is 13.0. The van der Waals surface area contributed by atoms with Crippen molar-refractivity contribution in [2.75, 3.05) is 51.2 Å². The molecule has 3 heterocycles. The molecular weight excluding hydrogens is 342 g/mol. The number of fused-ring (bicyclic) bond motifs is 1. The lowest BCUT2D eigenvalue weighted by Gasteiger charge is -2.39. The Morgan fingerprint density at radius 3 is 2.63 bits per heavy atom. The van der Waals surface area contributed by atoms with Gasteiger partial charge in [0, 0.05) is 65.5 Å². The van der Waals surface area contributed by atoms with E-state index in [0.29, 0.717) is 17.7 Å². The van der Waals surface area contributed by atoms with Crippen LogP contribution in [0.25, 0.3) is 10.9 Å². The predicted octanol–water partition coefficient (Wildman–Crippen LogP) is 0.924. The normalized spacial score (nSPS) is 21.9. The molecule has 0 N–H and O–H groups in total. The third-order valence-corrected chi connectivity index (χ3v) is 5.88. The number of carbonyl (C=O) groups is 1. The van der Waals surface area contributed by atoms with Gasteiger partial charge >= 0.3 is 0 Å². The van der Waals surface area contributed by atoms with Crippen LogP contribution in [0.1, 0.15) is 12.8 Å². The Labute approximate surface area is 159 Å². The van der Waals surface area contributed by atoms with Gasteiger partial charge in [-0.1, -0.05) is 0 Å². The second kappa shape index (κ2) is 7.31. The van der Waals surface area contributed by atoms with Gasteiger partial charge in [-0.2, -0.15) is 0 Å². The molecule has 7 heteroatoms. The van der Waals surface area contributed by atoms with Crippen molar-refractivity contribution in [1.82, 2.24) is 19.4 Å². The molecule has 1 atom stereocenters. The number of piperidine rings is 1. The Balaban J connectivity index is 1.38. The van der Waals surface area contributed by atoms with Crippen LogP contribution >= 0.6 is 0 Å². The van der Waals surface area contributed by atoms with E-state index in [1.54, 1.807) is 13.4 Å². The number of aryl methyl sites for hydroxylation is 1. The van der Waals surface area contributed by atoms with Gasteiger partial charge in [0.05, 0.1) is 17.2 Å². The lowest BCUT2D eigenvalue weighted by Crippen LogP contribution is -2.49. The third kappa shape index (κ3) is 3.69. The number of rotatable bonds is 3. The van der Waals surface area contributed by atoms with Gasteiger partial charge in [-0.15, -0.1) is 0 Å². The molecule has 0 bridgehead atoms. The molecule has 1 unspecified atom stereocenters. The molecule has 7 nitrogen and oxygen atoms in total. The molecule has 144 valence electrons. The molecule has 0 aliphatic carbocycles. The molecule has 2 aromatic rings. The standard InChI is InChI=1S/C20H27N5O2/c1-22-12-15(3-6-19(22)26)13-24-7-9-25(10-8-24)16-4-5-17-18(11-16)21-14-23(2)20(17)27/h4-5,11,14-15H,3,6-10,12-13H2,1-2H3. The summed E-state index contributed by atoms with van der Waals surface area (Å²) in [6, 6.07) is 5.94. The number of piperazine rings is 1. The fourth-order valence-electron chi connectivity index (χ4n) is 4.20. The summed E-state index contributed by atoms with van der Waals surface area (Å²) in [6.45, 7) is 5.94. The molecule has 1 amide bonds. The zero-order chi connectivity index (χ0) is 19.0. The van der Waals surface area contributed by atoms with Crippen molar-refractivity contribution in [2.24, 2.45) is 13.0 Å². The first-order valence-electron chi connectivity index (χ1n) is 9.68. The number of hydrogen-bond donors (Lipinski definition) is 0. The molecule has 2 fully saturated rings. The van der Waals surface area contributed by atoms with Crippen LogP contribution in [0.3, 0.4) is 0 Å². The van der Waals surface area contributed by atoms with Gasteiger partial charge in [0.2, 0.25) is 5.91 Å². The molecule has 2 saturated heterocycles. The molecule has 0 radical (unpaired) electrons. The summed E-state index contributed by atoms with van der Waals surface area (Å²) in [6.07, 6.45) is 3.28. The van der Waals surface area contributed by atoms with Crippen LogP contribution in [0.4, 0.5) is 5.69 Å². The van der Waals surface area contributed by atoms with Gasteiger partial charge in [-0.05, 0) is 30.5 Å². The summed E-state index contributed by atoms with van der Waals surface area (Å²) in [5.41, 5.74) is 1.88. The van der Waals surface area contributed by atoms with E-state index >= 15 is 0 Å². The van der Waals surface area contributed by atoms with Gasteiger partial charge in [-0.3, -0.25) is 14.5 Å². The highest BCUT2D eigenvalue weighted by atomic mass is 16.2. The Morgan fingerprint density at radius 2 is 1.89 bits per heavy atom. The van der Waals surface area contributed by atoms with Crippen LogP contribution in [0.15, 0.2) is 29.3 Å². The smallest absolute Gasteiger partial charge is 0.260 e. The van der Waals surface area contributed by atoms with Crippen molar-refractivity contribution < 1.29 is 4.79 Å². The Hall–Kier alpha value is -2.41. The first-order valence-corrected chi connectivity index (χ1v) is 9.68. The third-order valence-electron chi connectivity index (χ3n) is 5.88. The SMILES string of the molecule is CN1CC(CN2CCN(c3ccc4c(=O)n(C)cnc4c3)CC2)CCC1=O. The van der Waals surface area contributed by atoms with Crippen LogP contribution in [-0.4, -0.2) is 71.6 Å². The van der Waals surface area contributed by atoms with Crippen LogP contribution < -0.4 is 10.5 Å². The summed E-state index contributed by atoms with van der Waals surface area (Å²) in [4.78, 5) is 35.0. The second-order valence-corrected chi connectivity index (χ2v) is 7.83. The predicted molar refractivity (Wildman–Crippen MR) is 106 cm³/mol. The van der Waals surface area contributed by atoms with E-state index in [2.05, 4.69) is 14.8 Å².